The van der Waals surface area contributed by atoms with Crippen molar-refractivity contribution in [2.75, 3.05) is 18.4 Å². The Morgan fingerprint density at radius 2 is 2.18 bits per heavy atom. The molecule has 7 heteroatoms. The number of H-pyrrole nitrogens is 1. The molecule has 1 saturated heterocycles. The van der Waals surface area contributed by atoms with Gasteiger partial charge in [0.2, 0.25) is 17.8 Å². The van der Waals surface area contributed by atoms with Crippen LogP contribution in [-0.4, -0.2) is 40.9 Å². The molecule has 0 saturated carbocycles. The van der Waals surface area contributed by atoms with Crippen LogP contribution in [0.1, 0.15) is 19.3 Å². The van der Waals surface area contributed by atoms with Crippen LogP contribution in [0, 0.1) is 0 Å². The van der Waals surface area contributed by atoms with Gasteiger partial charge in [0.1, 0.15) is 0 Å². The maximum atomic E-state index is 12.0. The summed E-state index contributed by atoms with van der Waals surface area (Å²) >= 11 is 0. The topological polar surface area (TPSA) is 98.9 Å². The molecule has 1 aliphatic rings. The number of aromatic nitrogens is 2. The molecule has 2 heterocycles. The fourth-order valence-electron chi connectivity index (χ4n) is 2.54. The van der Waals surface area contributed by atoms with Crippen LogP contribution in [0.5, 0.6) is 0 Å². The van der Waals surface area contributed by atoms with Gasteiger partial charge in [-0.25, -0.2) is 4.98 Å². The summed E-state index contributed by atoms with van der Waals surface area (Å²) in [6.07, 6.45) is 2.71. The van der Waals surface area contributed by atoms with E-state index in [0.29, 0.717) is 12.5 Å². The van der Waals surface area contributed by atoms with E-state index < -0.39 is 0 Å². The van der Waals surface area contributed by atoms with Gasteiger partial charge in [0.25, 0.3) is 0 Å². The van der Waals surface area contributed by atoms with Gasteiger partial charge in [0.15, 0.2) is 0 Å². The molecule has 4 N–H and O–H groups in total. The lowest BCUT2D eigenvalue weighted by Crippen LogP contribution is -2.45. The van der Waals surface area contributed by atoms with Crippen molar-refractivity contribution >= 4 is 28.8 Å². The third kappa shape index (κ3) is 3.43. The fraction of sp³-hybridized carbons (Fsp3) is 0.400. The molecule has 1 aromatic carbocycles. The number of anilines is 1. The number of nitrogens with zero attached hydrogens (tertiary/aromatic N) is 1. The molecule has 2 aromatic rings. The third-order valence-corrected chi connectivity index (χ3v) is 3.69. The summed E-state index contributed by atoms with van der Waals surface area (Å²) in [7, 11) is 0. The Balaban J connectivity index is 1.54. The summed E-state index contributed by atoms with van der Waals surface area (Å²) in [5, 5.41) is 8.54. The maximum absolute atomic E-state index is 12.0. The standard InChI is InChI=1S/C15H19N5O2/c21-13(9-17-12-7-3-4-8-16-14(12)22)20-15-18-10-5-1-2-6-11(10)19-15/h1-2,5-6,12,17H,3-4,7-9H2,(H,16,22)(H2,18,19,20,21)/t12-/m0/s1. The summed E-state index contributed by atoms with van der Waals surface area (Å²) in [4.78, 5) is 31.1. The normalized spacial score (nSPS) is 18.7. The van der Waals surface area contributed by atoms with E-state index in [4.69, 9.17) is 0 Å². The molecule has 1 atom stereocenters. The number of hydrogen-bond acceptors (Lipinski definition) is 4. The summed E-state index contributed by atoms with van der Waals surface area (Å²) in [6, 6.07) is 7.25. The molecule has 0 bridgehead atoms. The Kier molecular flexibility index (Phi) is 4.34. The zero-order chi connectivity index (χ0) is 15.4. The average Bonchev–Trinajstić information content (AvgIpc) is 2.80. The van der Waals surface area contributed by atoms with Crippen LogP contribution < -0.4 is 16.0 Å². The van der Waals surface area contributed by atoms with Crippen molar-refractivity contribution in [2.45, 2.75) is 25.3 Å². The number of nitrogens with one attached hydrogen (secondary N) is 4. The Labute approximate surface area is 127 Å². The highest BCUT2D eigenvalue weighted by Crippen LogP contribution is 2.13. The molecule has 1 aromatic heterocycles. The van der Waals surface area contributed by atoms with Gasteiger partial charge in [-0.1, -0.05) is 12.1 Å². The molecule has 0 unspecified atom stereocenters. The molecule has 0 aliphatic carbocycles. The summed E-state index contributed by atoms with van der Waals surface area (Å²) in [5.41, 5.74) is 1.67. The average molecular weight is 301 g/mol. The quantitative estimate of drug-likeness (QED) is 0.670. The number of para-hydroxylation sites is 2. The van der Waals surface area contributed by atoms with Gasteiger partial charge in [-0.2, -0.15) is 0 Å². The monoisotopic (exact) mass is 301 g/mol. The second-order valence-corrected chi connectivity index (χ2v) is 5.37. The van der Waals surface area contributed by atoms with Gasteiger partial charge in [0, 0.05) is 6.54 Å². The van der Waals surface area contributed by atoms with E-state index in [9.17, 15) is 9.59 Å². The van der Waals surface area contributed by atoms with Crippen LogP contribution in [0.25, 0.3) is 11.0 Å². The first-order valence-corrected chi connectivity index (χ1v) is 7.48. The van der Waals surface area contributed by atoms with Crippen molar-refractivity contribution in [3.05, 3.63) is 24.3 Å². The number of imidazole rings is 1. The number of carbonyl (C=O) groups excluding carboxylic acids is 2. The molecular formula is C15H19N5O2. The first kappa shape index (κ1) is 14.5. The van der Waals surface area contributed by atoms with Crippen LogP contribution in [0.2, 0.25) is 0 Å². The molecule has 2 amide bonds. The van der Waals surface area contributed by atoms with Crippen molar-refractivity contribution in [1.82, 2.24) is 20.6 Å². The zero-order valence-corrected chi connectivity index (χ0v) is 12.2. The molecule has 3 rings (SSSR count). The highest BCUT2D eigenvalue weighted by Gasteiger charge is 2.20. The number of benzene rings is 1. The molecule has 0 spiro atoms. The van der Waals surface area contributed by atoms with Gasteiger partial charge >= 0.3 is 0 Å². The van der Waals surface area contributed by atoms with Crippen LogP contribution in [0.4, 0.5) is 5.95 Å². The number of fused-ring (bicyclic) bond motifs is 1. The first-order valence-electron chi connectivity index (χ1n) is 7.48. The van der Waals surface area contributed by atoms with E-state index in [-0.39, 0.29) is 24.4 Å². The van der Waals surface area contributed by atoms with Gasteiger partial charge in [-0.05, 0) is 31.4 Å². The fourth-order valence-corrected chi connectivity index (χ4v) is 2.54. The van der Waals surface area contributed by atoms with Crippen LogP contribution in [0.3, 0.4) is 0 Å². The second-order valence-electron chi connectivity index (χ2n) is 5.37. The predicted molar refractivity (Wildman–Crippen MR) is 83.4 cm³/mol. The number of carbonyl (C=O) groups is 2. The SMILES string of the molecule is O=C(CN[C@H]1CCCCNC1=O)Nc1nc2ccccc2[nH]1. The van der Waals surface area contributed by atoms with Crippen molar-refractivity contribution < 1.29 is 9.59 Å². The minimum atomic E-state index is -0.302. The largest absolute Gasteiger partial charge is 0.355 e. The Morgan fingerprint density at radius 1 is 1.32 bits per heavy atom. The van der Waals surface area contributed by atoms with E-state index in [2.05, 4.69) is 25.9 Å². The van der Waals surface area contributed by atoms with E-state index in [1.807, 2.05) is 24.3 Å². The zero-order valence-electron chi connectivity index (χ0n) is 12.2. The number of aromatic amines is 1. The number of amides is 2. The molecule has 22 heavy (non-hydrogen) atoms. The summed E-state index contributed by atoms with van der Waals surface area (Å²) < 4.78 is 0. The molecule has 7 nitrogen and oxygen atoms in total. The smallest absolute Gasteiger partial charge is 0.240 e. The maximum Gasteiger partial charge on any atom is 0.240 e. The van der Waals surface area contributed by atoms with Crippen molar-refractivity contribution in [3.8, 4) is 0 Å². The predicted octanol–water partition coefficient (Wildman–Crippen LogP) is 0.760. The van der Waals surface area contributed by atoms with Crippen LogP contribution in [-0.2, 0) is 9.59 Å². The van der Waals surface area contributed by atoms with Crippen LogP contribution in [0.15, 0.2) is 24.3 Å². The molecule has 1 aliphatic heterocycles. The minimum Gasteiger partial charge on any atom is -0.355 e. The Hall–Kier alpha value is -2.41. The highest BCUT2D eigenvalue weighted by atomic mass is 16.2. The van der Waals surface area contributed by atoms with Crippen molar-refractivity contribution in [3.63, 3.8) is 0 Å². The molecular weight excluding hydrogens is 282 g/mol. The number of rotatable bonds is 4. The van der Waals surface area contributed by atoms with E-state index >= 15 is 0 Å². The Bertz CT molecular complexity index is 648. The van der Waals surface area contributed by atoms with Crippen molar-refractivity contribution in [1.29, 1.82) is 0 Å². The first-order chi connectivity index (χ1) is 10.7. The van der Waals surface area contributed by atoms with Gasteiger partial charge < -0.3 is 10.3 Å². The summed E-state index contributed by atoms with van der Waals surface area (Å²) in [5.74, 6) is 0.156. The second kappa shape index (κ2) is 6.57. The van der Waals surface area contributed by atoms with Crippen LogP contribution >= 0.6 is 0 Å². The lowest BCUT2D eigenvalue weighted by atomic mass is 10.1. The lowest BCUT2D eigenvalue weighted by Gasteiger charge is -2.14. The van der Waals surface area contributed by atoms with Crippen molar-refractivity contribution in [2.24, 2.45) is 0 Å². The minimum absolute atomic E-state index is 0.0333. The third-order valence-electron chi connectivity index (χ3n) is 3.69. The summed E-state index contributed by atoms with van der Waals surface area (Å²) in [6.45, 7) is 0.789. The molecule has 1 fully saturated rings. The van der Waals surface area contributed by atoms with Gasteiger partial charge in [-0.15, -0.1) is 0 Å². The van der Waals surface area contributed by atoms with E-state index in [1.165, 1.54) is 0 Å². The molecule has 116 valence electrons. The lowest BCUT2D eigenvalue weighted by molar-refractivity contribution is -0.123. The highest BCUT2D eigenvalue weighted by molar-refractivity contribution is 5.93. The van der Waals surface area contributed by atoms with E-state index in [0.717, 1.165) is 30.3 Å². The molecule has 0 radical (unpaired) electrons. The van der Waals surface area contributed by atoms with Gasteiger partial charge in [-0.3, -0.25) is 20.2 Å². The Morgan fingerprint density at radius 3 is 3.05 bits per heavy atom. The number of hydrogen-bond donors (Lipinski definition) is 4. The van der Waals surface area contributed by atoms with E-state index in [1.54, 1.807) is 0 Å². The van der Waals surface area contributed by atoms with Gasteiger partial charge in [0.05, 0.1) is 23.6 Å².